The lowest BCUT2D eigenvalue weighted by molar-refractivity contribution is 0.370. The van der Waals surface area contributed by atoms with E-state index in [1.807, 2.05) is 19.2 Å². The van der Waals surface area contributed by atoms with Crippen LogP contribution in [0.3, 0.4) is 0 Å². The van der Waals surface area contributed by atoms with Crippen LogP contribution in [0.4, 0.5) is 10.1 Å². The number of aliphatic imine (C=N–C) groups is 1. The molecule has 0 atom stereocenters. The Bertz CT molecular complexity index is 797. The maximum atomic E-state index is 14.0. The molecule has 6 heteroatoms. The lowest BCUT2D eigenvalue weighted by Gasteiger charge is -2.37. The van der Waals surface area contributed by atoms with E-state index >= 15 is 0 Å². The number of anilines is 1. The third-order valence-corrected chi connectivity index (χ3v) is 4.92. The molecule has 3 rings (SSSR count). The molecule has 0 aromatic heterocycles. The fourth-order valence-corrected chi connectivity index (χ4v) is 3.58. The Balaban J connectivity index is 1.55. The predicted molar refractivity (Wildman–Crippen MR) is 114 cm³/mol. The number of benzene rings is 2. The fraction of sp³-hybridized carbons (Fsp3) is 0.409. The molecule has 0 saturated carbocycles. The zero-order chi connectivity index (χ0) is 19.9. The summed E-state index contributed by atoms with van der Waals surface area (Å²) in [6.45, 7) is 4.85. The van der Waals surface area contributed by atoms with E-state index in [4.69, 9.17) is 0 Å². The Hall–Kier alpha value is -2.60. The van der Waals surface area contributed by atoms with Gasteiger partial charge in [0.2, 0.25) is 0 Å². The van der Waals surface area contributed by atoms with E-state index in [0.717, 1.165) is 45.2 Å². The second-order valence-corrected chi connectivity index (χ2v) is 7.38. The molecule has 0 amide bonds. The zero-order valence-corrected chi connectivity index (χ0v) is 17.0. The first kappa shape index (κ1) is 20.1. The van der Waals surface area contributed by atoms with E-state index in [1.54, 1.807) is 6.07 Å². The Morgan fingerprint density at radius 1 is 1.04 bits per heavy atom. The van der Waals surface area contributed by atoms with Crippen LogP contribution < -0.4 is 10.2 Å². The minimum atomic E-state index is -0.156. The normalized spacial score (nSPS) is 15.2. The molecule has 1 aliphatic rings. The molecular formula is C22H30FN5. The van der Waals surface area contributed by atoms with Gasteiger partial charge in [0.15, 0.2) is 5.96 Å². The summed E-state index contributed by atoms with van der Waals surface area (Å²) >= 11 is 0. The number of nitrogens with zero attached hydrogens (tertiary/aromatic N) is 4. The van der Waals surface area contributed by atoms with Gasteiger partial charge in [0.25, 0.3) is 0 Å². The molecule has 1 saturated heterocycles. The molecule has 1 N–H and O–H groups in total. The summed E-state index contributed by atoms with van der Waals surface area (Å²) in [5, 5.41) is 3.47. The van der Waals surface area contributed by atoms with Crippen molar-refractivity contribution in [3.8, 4) is 0 Å². The van der Waals surface area contributed by atoms with Gasteiger partial charge in [-0.3, -0.25) is 4.99 Å². The largest absolute Gasteiger partial charge is 0.366 e. The summed E-state index contributed by atoms with van der Waals surface area (Å²) in [5.74, 6) is 0.738. The Kier molecular flexibility index (Phi) is 6.87. The Morgan fingerprint density at radius 3 is 2.43 bits per heavy atom. The quantitative estimate of drug-likeness (QED) is 0.636. The maximum Gasteiger partial charge on any atom is 0.194 e. The molecule has 150 valence electrons. The summed E-state index contributed by atoms with van der Waals surface area (Å²) < 4.78 is 14.0. The first-order valence-corrected chi connectivity index (χ1v) is 9.74. The summed E-state index contributed by atoms with van der Waals surface area (Å²) in [5.41, 5.74) is 3.23. The van der Waals surface area contributed by atoms with E-state index in [1.165, 1.54) is 17.2 Å². The number of piperazine rings is 1. The van der Waals surface area contributed by atoms with Crippen molar-refractivity contribution in [2.75, 3.05) is 52.2 Å². The third kappa shape index (κ3) is 5.23. The monoisotopic (exact) mass is 383 g/mol. The molecule has 0 bridgehead atoms. The molecule has 5 nitrogen and oxygen atoms in total. The molecular weight excluding hydrogens is 353 g/mol. The van der Waals surface area contributed by atoms with Crippen molar-refractivity contribution in [1.82, 2.24) is 15.1 Å². The predicted octanol–water partition coefficient (Wildman–Crippen LogP) is 2.78. The van der Waals surface area contributed by atoms with Crippen LogP contribution in [0.25, 0.3) is 0 Å². The smallest absolute Gasteiger partial charge is 0.194 e. The lowest BCUT2D eigenvalue weighted by Crippen LogP contribution is -2.52. The number of nitrogens with one attached hydrogen (secondary N) is 1. The van der Waals surface area contributed by atoms with Gasteiger partial charge in [-0.2, -0.15) is 0 Å². The number of halogens is 1. The number of para-hydroxylation sites is 1. The molecule has 0 radical (unpaired) electrons. The van der Waals surface area contributed by atoms with Gasteiger partial charge < -0.3 is 20.0 Å². The van der Waals surface area contributed by atoms with Crippen LogP contribution in [0, 0.1) is 5.82 Å². The number of hydrogen-bond donors (Lipinski definition) is 1. The molecule has 1 aliphatic heterocycles. The van der Waals surface area contributed by atoms with Crippen molar-refractivity contribution < 1.29 is 4.39 Å². The van der Waals surface area contributed by atoms with Gasteiger partial charge in [-0.15, -0.1) is 0 Å². The molecule has 0 aliphatic carbocycles. The van der Waals surface area contributed by atoms with Crippen LogP contribution in [0.5, 0.6) is 0 Å². The second-order valence-electron chi connectivity index (χ2n) is 7.38. The van der Waals surface area contributed by atoms with Crippen LogP contribution in [-0.4, -0.2) is 63.1 Å². The van der Waals surface area contributed by atoms with Crippen molar-refractivity contribution in [3.63, 3.8) is 0 Å². The topological polar surface area (TPSA) is 34.1 Å². The highest BCUT2D eigenvalue weighted by Crippen LogP contribution is 2.20. The SMILES string of the molecule is CN=C(NCc1cccc(CN(C)C)c1)N1CCN(c2ccccc2F)CC1. The first-order chi connectivity index (χ1) is 13.6. The number of rotatable bonds is 5. The maximum absolute atomic E-state index is 14.0. The summed E-state index contributed by atoms with van der Waals surface area (Å²) in [4.78, 5) is 10.9. The first-order valence-electron chi connectivity index (χ1n) is 9.74. The minimum Gasteiger partial charge on any atom is -0.366 e. The molecule has 0 spiro atoms. The van der Waals surface area contributed by atoms with Crippen molar-refractivity contribution in [2.45, 2.75) is 13.1 Å². The average molecular weight is 384 g/mol. The number of guanidine groups is 1. The molecule has 1 fully saturated rings. The van der Waals surface area contributed by atoms with Crippen LogP contribution in [0.1, 0.15) is 11.1 Å². The highest BCUT2D eigenvalue weighted by Gasteiger charge is 2.21. The van der Waals surface area contributed by atoms with Gasteiger partial charge in [-0.1, -0.05) is 36.4 Å². The van der Waals surface area contributed by atoms with Crippen LogP contribution in [0.2, 0.25) is 0 Å². The zero-order valence-electron chi connectivity index (χ0n) is 17.0. The van der Waals surface area contributed by atoms with Gasteiger partial charge in [0.05, 0.1) is 5.69 Å². The second kappa shape index (κ2) is 9.55. The van der Waals surface area contributed by atoms with Crippen molar-refractivity contribution in [2.24, 2.45) is 4.99 Å². The van der Waals surface area contributed by atoms with E-state index in [2.05, 4.69) is 63.4 Å². The van der Waals surface area contributed by atoms with E-state index in [0.29, 0.717) is 5.69 Å². The van der Waals surface area contributed by atoms with E-state index in [9.17, 15) is 4.39 Å². The van der Waals surface area contributed by atoms with E-state index in [-0.39, 0.29) is 5.82 Å². The highest BCUT2D eigenvalue weighted by atomic mass is 19.1. The molecule has 1 heterocycles. The molecule has 28 heavy (non-hydrogen) atoms. The van der Waals surface area contributed by atoms with E-state index < -0.39 is 0 Å². The van der Waals surface area contributed by atoms with Crippen molar-refractivity contribution >= 4 is 11.6 Å². The fourth-order valence-electron chi connectivity index (χ4n) is 3.58. The van der Waals surface area contributed by atoms with Crippen LogP contribution >= 0.6 is 0 Å². The summed E-state index contributed by atoms with van der Waals surface area (Å²) in [7, 11) is 5.97. The van der Waals surface area contributed by atoms with Gasteiger partial charge in [-0.25, -0.2) is 4.39 Å². The molecule has 0 unspecified atom stereocenters. The molecule has 2 aromatic rings. The van der Waals surface area contributed by atoms with Gasteiger partial charge in [0.1, 0.15) is 5.82 Å². The minimum absolute atomic E-state index is 0.156. The van der Waals surface area contributed by atoms with Crippen LogP contribution in [-0.2, 0) is 13.1 Å². The third-order valence-electron chi connectivity index (χ3n) is 4.92. The Labute approximate surface area is 167 Å². The summed E-state index contributed by atoms with van der Waals surface area (Å²) in [6, 6.07) is 15.6. The lowest BCUT2D eigenvalue weighted by atomic mass is 10.1. The van der Waals surface area contributed by atoms with Crippen LogP contribution in [0.15, 0.2) is 53.5 Å². The number of hydrogen-bond acceptors (Lipinski definition) is 3. The molecule has 2 aromatic carbocycles. The highest BCUT2D eigenvalue weighted by molar-refractivity contribution is 5.80. The standard InChI is InChI=1S/C22H30FN5/c1-24-22(25-16-18-7-6-8-19(15-18)17-26(2)3)28-13-11-27(12-14-28)21-10-5-4-9-20(21)23/h4-10,15H,11-14,16-17H2,1-3H3,(H,24,25). The van der Waals surface area contributed by atoms with Gasteiger partial charge in [0, 0.05) is 46.3 Å². The Morgan fingerprint density at radius 2 is 1.75 bits per heavy atom. The van der Waals surface area contributed by atoms with Gasteiger partial charge in [-0.05, 0) is 37.4 Å². The summed E-state index contributed by atoms with van der Waals surface area (Å²) in [6.07, 6.45) is 0. The van der Waals surface area contributed by atoms with Crippen molar-refractivity contribution in [3.05, 3.63) is 65.5 Å². The van der Waals surface area contributed by atoms with Gasteiger partial charge >= 0.3 is 0 Å². The van der Waals surface area contributed by atoms with Crippen molar-refractivity contribution in [1.29, 1.82) is 0 Å². The average Bonchev–Trinajstić information content (AvgIpc) is 2.69.